The van der Waals surface area contributed by atoms with Crippen LogP contribution in [0.4, 0.5) is 5.69 Å². The molecule has 6 heteroatoms. The van der Waals surface area contributed by atoms with Gasteiger partial charge >= 0.3 is 5.97 Å². The number of carbonyl (C=O) groups excluding carboxylic acids is 1. The number of rotatable bonds is 4. The molecule has 0 radical (unpaired) electrons. The minimum atomic E-state index is -1.08. The van der Waals surface area contributed by atoms with E-state index >= 15 is 0 Å². The lowest BCUT2D eigenvalue weighted by molar-refractivity contribution is -0.119. The number of nitrogens with one attached hydrogen (secondary N) is 1. The van der Waals surface area contributed by atoms with Crippen molar-refractivity contribution in [2.45, 2.75) is 0 Å². The predicted octanol–water partition coefficient (Wildman–Crippen LogP) is 1.62. The second-order valence-electron chi connectivity index (χ2n) is 2.98. The van der Waals surface area contributed by atoms with E-state index in [0.29, 0.717) is 0 Å². The maximum atomic E-state index is 11.2. The quantitative estimate of drug-likeness (QED) is 0.843. The summed E-state index contributed by atoms with van der Waals surface area (Å²) in [5.41, 5.74) is 0.306. The maximum absolute atomic E-state index is 11.2. The van der Waals surface area contributed by atoms with Gasteiger partial charge in [-0.25, -0.2) is 4.79 Å². The molecule has 0 aromatic heterocycles. The van der Waals surface area contributed by atoms with Gasteiger partial charge in [0.05, 0.1) is 16.3 Å². The molecule has 0 saturated carbocycles. The van der Waals surface area contributed by atoms with Crippen molar-refractivity contribution in [2.24, 2.45) is 0 Å². The molecule has 1 aromatic carbocycles. The van der Waals surface area contributed by atoms with Gasteiger partial charge in [-0.15, -0.1) is 0 Å². The van der Waals surface area contributed by atoms with Crippen molar-refractivity contribution in [3.63, 3.8) is 0 Å². The summed E-state index contributed by atoms with van der Waals surface area (Å²) in [6.45, 7) is -0.117. The summed E-state index contributed by atoms with van der Waals surface area (Å²) < 4.78 is 4.62. The van der Waals surface area contributed by atoms with Crippen LogP contribution in [0.15, 0.2) is 18.2 Å². The molecule has 1 aromatic rings. The Bertz CT molecular complexity index is 419. The molecule has 0 spiro atoms. The third kappa shape index (κ3) is 3.22. The Morgan fingerprint density at radius 3 is 2.75 bits per heavy atom. The fourth-order valence-electron chi connectivity index (χ4n) is 1.07. The van der Waals surface area contributed by atoms with Gasteiger partial charge in [-0.1, -0.05) is 11.6 Å². The highest BCUT2D eigenvalue weighted by Gasteiger charge is 2.09. The van der Waals surface area contributed by atoms with Crippen LogP contribution in [0.25, 0.3) is 0 Å². The van der Waals surface area contributed by atoms with Gasteiger partial charge < -0.3 is 15.2 Å². The van der Waals surface area contributed by atoms with E-state index in [4.69, 9.17) is 16.7 Å². The lowest BCUT2D eigenvalue weighted by Gasteiger charge is -2.07. The average molecular weight is 244 g/mol. The van der Waals surface area contributed by atoms with Crippen LogP contribution in [0.3, 0.4) is 0 Å². The summed E-state index contributed by atoms with van der Waals surface area (Å²) in [7, 11) is 1.38. The summed E-state index contributed by atoms with van der Waals surface area (Å²) >= 11 is 5.80. The fourth-order valence-corrected chi connectivity index (χ4v) is 1.24. The number of hydrogen-bond acceptors (Lipinski definition) is 3. The molecule has 0 heterocycles. The van der Waals surface area contributed by atoms with Gasteiger partial charge in [-0.3, -0.25) is 4.79 Å². The molecular weight excluding hydrogens is 234 g/mol. The van der Waals surface area contributed by atoms with Crippen LogP contribution < -0.4 is 5.32 Å². The molecule has 0 saturated heterocycles. The number of anilines is 1. The lowest BCUT2D eigenvalue weighted by Crippen LogP contribution is -2.17. The number of hydrogen-bond donors (Lipinski definition) is 2. The zero-order valence-electron chi connectivity index (χ0n) is 8.49. The van der Waals surface area contributed by atoms with Crippen molar-refractivity contribution in [3.05, 3.63) is 28.8 Å². The van der Waals surface area contributed by atoms with E-state index < -0.39 is 11.9 Å². The Kier molecular flexibility index (Phi) is 4.28. The van der Waals surface area contributed by atoms with E-state index in [1.165, 1.54) is 25.3 Å². The monoisotopic (exact) mass is 243 g/mol. The van der Waals surface area contributed by atoms with Crippen molar-refractivity contribution < 1.29 is 19.4 Å². The van der Waals surface area contributed by atoms with E-state index in [1.807, 2.05) is 0 Å². The zero-order valence-corrected chi connectivity index (χ0v) is 9.25. The van der Waals surface area contributed by atoms with Gasteiger partial charge in [0.2, 0.25) is 5.91 Å². The first kappa shape index (κ1) is 12.5. The summed E-state index contributed by atoms with van der Waals surface area (Å²) in [6, 6.07) is 4.06. The highest BCUT2D eigenvalue weighted by Crippen LogP contribution is 2.22. The van der Waals surface area contributed by atoms with Crippen LogP contribution in [-0.4, -0.2) is 30.7 Å². The van der Waals surface area contributed by atoms with Crippen molar-refractivity contribution in [1.82, 2.24) is 0 Å². The minimum Gasteiger partial charge on any atom is -0.478 e. The molecule has 0 aliphatic heterocycles. The third-order valence-electron chi connectivity index (χ3n) is 1.76. The predicted molar refractivity (Wildman–Crippen MR) is 58.9 cm³/mol. The summed E-state index contributed by atoms with van der Waals surface area (Å²) in [6.07, 6.45) is 0. The number of carbonyl (C=O) groups is 2. The van der Waals surface area contributed by atoms with Crippen LogP contribution in [0.2, 0.25) is 5.02 Å². The molecule has 86 valence electrons. The SMILES string of the molecule is COCC(=O)Nc1cc(C(=O)O)ccc1Cl. The van der Waals surface area contributed by atoms with E-state index in [1.54, 1.807) is 0 Å². The number of ether oxygens (including phenoxy) is 1. The van der Waals surface area contributed by atoms with Gasteiger partial charge in [0.25, 0.3) is 0 Å². The summed E-state index contributed by atoms with van der Waals surface area (Å²) in [4.78, 5) is 21.9. The lowest BCUT2D eigenvalue weighted by atomic mass is 10.2. The van der Waals surface area contributed by atoms with Gasteiger partial charge in [0, 0.05) is 7.11 Å². The Morgan fingerprint density at radius 1 is 1.50 bits per heavy atom. The number of halogens is 1. The van der Waals surface area contributed by atoms with Crippen LogP contribution in [-0.2, 0) is 9.53 Å². The zero-order chi connectivity index (χ0) is 12.1. The molecule has 0 aliphatic rings. The molecule has 1 amide bonds. The molecule has 0 unspecified atom stereocenters. The average Bonchev–Trinajstić information content (AvgIpc) is 2.21. The number of benzene rings is 1. The summed E-state index contributed by atoms with van der Waals surface area (Å²) in [5, 5.41) is 11.5. The molecule has 0 aliphatic carbocycles. The Labute approximate surface area is 97.0 Å². The fraction of sp³-hybridized carbons (Fsp3) is 0.200. The van der Waals surface area contributed by atoms with Crippen molar-refractivity contribution in [1.29, 1.82) is 0 Å². The Morgan fingerprint density at radius 2 is 2.19 bits per heavy atom. The molecule has 5 nitrogen and oxygen atoms in total. The highest BCUT2D eigenvalue weighted by atomic mass is 35.5. The number of methoxy groups -OCH3 is 1. The topological polar surface area (TPSA) is 75.6 Å². The standard InChI is InChI=1S/C10H10ClNO4/c1-16-5-9(13)12-8-4-6(10(14)15)2-3-7(8)11/h2-4H,5H2,1H3,(H,12,13)(H,14,15). The molecule has 0 fully saturated rings. The van der Waals surface area contributed by atoms with Crippen LogP contribution in [0, 0.1) is 0 Å². The van der Waals surface area contributed by atoms with Crippen molar-refractivity contribution >= 4 is 29.2 Å². The van der Waals surface area contributed by atoms with Gasteiger partial charge in [0.1, 0.15) is 6.61 Å². The largest absolute Gasteiger partial charge is 0.478 e. The van der Waals surface area contributed by atoms with Gasteiger partial charge in [-0.2, -0.15) is 0 Å². The van der Waals surface area contributed by atoms with Crippen LogP contribution in [0.1, 0.15) is 10.4 Å². The van der Waals surface area contributed by atoms with E-state index in [0.717, 1.165) is 0 Å². The third-order valence-corrected chi connectivity index (χ3v) is 2.09. The van der Waals surface area contributed by atoms with Crippen LogP contribution >= 0.6 is 11.6 Å². The molecule has 2 N–H and O–H groups in total. The molecule has 0 bridgehead atoms. The second kappa shape index (κ2) is 5.48. The maximum Gasteiger partial charge on any atom is 0.335 e. The molecule has 0 atom stereocenters. The molecule has 16 heavy (non-hydrogen) atoms. The Balaban J connectivity index is 2.90. The second-order valence-corrected chi connectivity index (χ2v) is 3.39. The molecule has 1 rings (SSSR count). The molecular formula is C10H10ClNO4. The van der Waals surface area contributed by atoms with Gasteiger partial charge in [-0.05, 0) is 18.2 Å². The van der Waals surface area contributed by atoms with E-state index in [9.17, 15) is 9.59 Å². The number of amides is 1. The van der Waals surface area contributed by atoms with Gasteiger partial charge in [0.15, 0.2) is 0 Å². The van der Waals surface area contributed by atoms with Crippen LogP contribution in [0.5, 0.6) is 0 Å². The summed E-state index contributed by atoms with van der Waals surface area (Å²) in [5.74, 6) is -1.48. The van der Waals surface area contributed by atoms with Crippen molar-refractivity contribution in [2.75, 3.05) is 19.0 Å². The first-order valence-electron chi connectivity index (χ1n) is 4.36. The minimum absolute atomic E-state index is 0.0529. The first-order valence-corrected chi connectivity index (χ1v) is 4.74. The number of carboxylic acid groups (broad SMARTS) is 1. The number of carboxylic acids is 1. The smallest absolute Gasteiger partial charge is 0.335 e. The van der Waals surface area contributed by atoms with E-state index in [-0.39, 0.29) is 22.9 Å². The van der Waals surface area contributed by atoms with E-state index in [2.05, 4.69) is 10.1 Å². The highest BCUT2D eigenvalue weighted by molar-refractivity contribution is 6.33. The Hall–Kier alpha value is -1.59. The normalized spacial score (nSPS) is 9.88. The van der Waals surface area contributed by atoms with Crippen molar-refractivity contribution in [3.8, 4) is 0 Å². The first-order chi connectivity index (χ1) is 7.54. The number of aromatic carboxylic acids is 1.